The predicted octanol–water partition coefficient (Wildman–Crippen LogP) is 4.50. The van der Waals surface area contributed by atoms with E-state index >= 15 is 0 Å². The minimum atomic E-state index is -1.66. The van der Waals surface area contributed by atoms with E-state index < -0.39 is 83.1 Å². The number of amides is 1. The van der Waals surface area contributed by atoms with Gasteiger partial charge in [-0.2, -0.15) is 0 Å². The fourth-order valence-corrected chi connectivity index (χ4v) is 6.63. The van der Waals surface area contributed by atoms with Crippen molar-refractivity contribution in [3.05, 3.63) is 112 Å². The van der Waals surface area contributed by atoms with E-state index in [9.17, 15) is 22.8 Å². The zero-order chi connectivity index (χ0) is 39.7. The lowest BCUT2D eigenvalue weighted by atomic mass is 9.73. The van der Waals surface area contributed by atoms with Crippen LogP contribution in [0.4, 0.5) is 13.2 Å². The first kappa shape index (κ1) is 41.3. The Morgan fingerprint density at radius 3 is 2.35 bits per heavy atom. The highest BCUT2D eigenvalue weighted by Crippen LogP contribution is 2.44. The zero-order valence-electron chi connectivity index (χ0n) is 29.9. The van der Waals surface area contributed by atoms with Gasteiger partial charge in [-0.3, -0.25) is 30.9 Å². The van der Waals surface area contributed by atoms with Gasteiger partial charge < -0.3 is 14.4 Å². The van der Waals surface area contributed by atoms with Crippen molar-refractivity contribution in [2.24, 2.45) is 0 Å². The minimum Gasteiger partial charge on any atom is -0.463 e. The number of benzene rings is 2. The van der Waals surface area contributed by atoms with E-state index in [-0.39, 0.29) is 44.0 Å². The Labute approximate surface area is 313 Å². The van der Waals surface area contributed by atoms with Crippen molar-refractivity contribution in [2.45, 2.75) is 70.2 Å². The number of unbranched alkanes of at least 4 members (excludes halogenated alkanes) is 1. The quantitative estimate of drug-likeness (QED) is 0.0730. The number of ether oxygens (including phenoxy) is 2. The molecule has 1 aliphatic heterocycles. The molecule has 2 aliphatic rings. The number of allylic oxidation sites excluding steroid dienone is 2. The first-order valence-electron chi connectivity index (χ1n) is 17.2. The molecule has 19 heteroatoms. The second-order valence-corrected chi connectivity index (χ2v) is 12.8. The summed E-state index contributed by atoms with van der Waals surface area (Å²) in [4.78, 5) is 47.7. The van der Waals surface area contributed by atoms with Crippen LogP contribution in [-0.4, -0.2) is 90.3 Å². The first-order chi connectivity index (χ1) is 26.3. The standard InChI is InChI=1S/C36H41F3N6O10/c1-22-16-23(2)42-35(41-22)54-33(34(47)52-15-9-8-12-26(55-45(50)51)21-53-44(48)49)36(24-10-4-3-5-11-24)28-13-6-7-14-31(28)43(32(46)19-40-36)20-27-29(38)17-25(37)18-30(27)39/h3-5,7,10-11,14,16-18,26,33,40,48-51H,6,8-9,12-13,15,19-21H2,1-2H3/t26?,33-,36+/m1/s1. The molecule has 16 nitrogen and oxygen atoms in total. The molecule has 2 aromatic carbocycles. The van der Waals surface area contributed by atoms with E-state index in [0.717, 1.165) is 0 Å². The molecule has 1 amide bonds. The van der Waals surface area contributed by atoms with Crippen molar-refractivity contribution in [3.8, 4) is 6.01 Å². The smallest absolute Gasteiger partial charge is 0.350 e. The van der Waals surface area contributed by atoms with E-state index in [1.54, 1.807) is 62.4 Å². The summed E-state index contributed by atoms with van der Waals surface area (Å²) < 4.78 is 56.1. The third kappa shape index (κ3) is 10.3. The molecule has 1 unspecified atom stereocenters. The predicted molar refractivity (Wildman–Crippen MR) is 181 cm³/mol. The molecule has 0 radical (unpaired) electrons. The highest BCUT2D eigenvalue weighted by molar-refractivity contribution is 5.84. The highest BCUT2D eigenvalue weighted by Gasteiger charge is 2.53. The van der Waals surface area contributed by atoms with Crippen molar-refractivity contribution in [1.29, 1.82) is 0 Å². The van der Waals surface area contributed by atoms with E-state index in [0.29, 0.717) is 41.1 Å². The van der Waals surface area contributed by atoms with Crippen LogP contribution in [0.15, 0.2) is 72.0 Å². The van der Waals surface area contributed by atoms with Crippen molar-refractivity contribution in [1.82, 2.24) is 31.0 Å². The van der Waals surface area contributed by atoms with Gasteiger partial charge in [0.05, 0.1) is 30.5 Å². The second kappa shape index (κ2) is 18.7. The molecule has 1 aliphatic carbocycles. The molecule has 0 fully saturated rings. The van der Waals surface area contributed by atoms with Crippen molar-refractivity contribution < 1.29 is 62.7 Å². The summed E-state index contributed by atoms with van der Waals surface area (Å²) in [5, 5.41) is 38.0. The number of halogens is 3. The number of aromatic nitrogens is 2. The van der Waals surface area contributed by atoms with Crippen LogP contribution in [0, 0.1) is 31.3 Å². The fourth-order valence-electron chi connectivity index (χ4n) is 6.63. The van der Waals surface area contributed by atoms with Gasteiger partial charge in [0.15, 0.2) is 0 Å². The topological polar surface area (TPSA) is 200 Å². The normalized spacial score (nSPS) is 18.4. The van der Waals surface area contributed by atoms with E-state index in [2.05, 4.69) is 20.1 Å². The number of esters is 1. The van der Waals surface area contributed by atoms with Gasteiger partial charge in [-0.25, -0.2) is 37.6 Å². The molecule has 0 bridgehead atoms. The second-order valence-electron chi connectivity index (χ2n) is 12.8. The molecule has 0 saturated carbocycles. The molecule has 1 aromatic heterocycles. The number of carbonyl (C=O) groups excluding carboxylic acids is 2. The van der Waals surface area contributed by atoms with Crippen LogP contribution in [0.5, 0.6) is 6.01 Å². The maximum absolute atomic E-state index is 15.0. The molecular weight excluding hydrogens is 733 g/mol. The molecule has 3 aromatic rings. The van der Waals surface area contributed by atoms with Gasteiger partial charge in [-0.05, 0) is 69.2 Å². The monoisotopic (exact) mass is 774 g/mol. The molecule has 2 heterocycles. The largest absolute Gasteiger partial charge is 0.463 e. The van der Waals surface area contributed by atoms with Gasteiger partial charge in [0.2, 0.25) is 12.0 Å². The summed E-state index contributed by atoms with van der Waals surface area (Å²) in [7, 11) is 0. The molecule has 0 spiro atoms. The number of hydrogen-bond acceptors (Lipinski definition) is 15. The molecule has 55 heavy (non-hydrogen) atoms. The number of nitrogens with zero attached hydrogens (tertiary/aromatic N) is 5. The van der Waals surface area contributed by atoms with Gasteiger partial charge >= 0.3 is 12.0 Å². The SMILES string of the molecule is Cc1cc(C)nc(O[C@H](C(=O)OCCCCC(CON(O)O)ON(O)O)[C@@]2(c3ccccc3)NCC(=O)N(Cc3c(F)cc(F)cc3F)C3=C2CCC=C3)n1. The number of hydrogen-bond donors (Lipinski definition) is 5. The van der Waals surface area contributed by atoms with Crippen LogP contribution < -0.4 is 10.1 Å². The van der Waals surface area contributed by atoms with Crippen LogP contribution in [0.25, 0.3) is 0 Å². The average molecular weight is 775 g/mol. The molecule has 296 valence electrons. The minimum absolute atomic E-state index is 0.0879. The Morgan fingerprint density at radius 1 is 1.00 bits per heavy atom. The van der Waals surface area contributed by atoms with Crippen molar-refractivity contribution >= 4 is 11.9 Å². The third-order valence-corrected chi connectivity index (χ3v) is 8.96. The Bertz CT molecular complexity index is 1840. The summed E-state index contributed by atoms with van der Waals surface area (Å²) in [5.41, 5.74) is 0.0783. The summed E-state index contributed by atoms with van der Waals surface area (Å²) in [6, 6.07) is 11.3. The third-order valence-electron chi connectivity index (χ3n) is 8.96. The lowest BCUT2D eigenvalue weighted by molar-refractivity contribution is -0.527. The summed E-state index contributed by atoms with van der Waals surface area (Å²) in [5.74, 6) is -4.95. The molecule has 0 saturated heterocycles. The Kier molecular flexibility index (Phi) is 14.0. The molecule has 5 rings (SSSR count). The van der Waals surface area contributed by atoms with Gasteiger partial charge in [-0.15, -0.1) is 0 Å². The maximum atomic E-state index is 15.0. The van der Waals surface area contributed by atoms with Gasteiger partial charge in [-0.1, -0.05) is 36.4 Å². The molecule has 3 atom stereocenters. The summed E-state index contributed by atoms with van der Waals surface area (Å²) >= 11 is 0. The van der Waals surface area contributed by atoms with E-state index in [1.165, 1.54) is 4.90 Å². The summed E-state index contributed by atoms with van der Waals surface area (Å²) in [6.07, 6.45) is 2.02. The van der Waals surface area contributed by atoms with Crippen LogP contribution in [-0.2, 0) is 36.1 Å². The van der Waals surface area contributed by atoms with E-state index in [1.807, 2.05) is 0 Å². The highest BCUT2D eigenvalue weighted by atomic mass is 19.1. The lowest BCUT2D eigenvalue weighted by Gasteiger charge is -2.42. The average Bonchev–Trinajstić information content (AvgIpc) is 3.24. The molecular formula is C36H41F3N6O10. The Hall–Kier alpha value is -4.83. The van der Waals surface area contributed by atoms with Crippen molar-refractivity contribution in [2.75, 3.05) is 19.8 Å². The van der Waals surface area contributed by atoms with Crippen LogP contribution in [0.2, 0.25) is 0 Å². The van der Waals surface area contributed by atoms with Crippen LogP contribution in [0.3, 0.4) is 0 Å². The number of nitrogens with one attached hydrogen (secondary N) is 1. The fraction of sp³-hybridized carbons (Fsp3) is 0.389. The number of carbonyl (C=O) groups is 2. The van der Waals surface area contributed by atoms with Crippen molar-refractivity contribution in [3.63, 3.8) is 0 Å². The van der Waals surface area contributed by atoms with Gasteiger partial charge in [0, 0.05) is 34.8 Å². The maximum Gasteiger partial charge on any atom is 0.350 e. The van der Waals surface area contributed by atoms with Crippen LogP contribution >= 0.6 is 0 Å². The lowest BCUT2D eigenvalue weighted by Crippen LogP contribution is -2.59. The molecule has 5 N–H and O–H groups in total. The number of aryl methyl sites for hydroxylation is 2. The van der Waals surface area contributed by atoms with Crippen LogP contribution in [0.1, 0.15) is 54.6 Å². The Morgan fingerprint density at radius 2 is 1.69 bits per heavy atom. The first-order valence-corrected chi connectivity index (χ1v) is 17.2. The zero-order valence-corrected chi connectivity index (χ0v) is 29.9. The van der Waals surface area contributed by atoms with E-state index in [4.69, 9.17) is 35.1 Å². The summed E-state index contributed by atoms with van der Waals surface area (Å²) in [6.45, 7) is 1.74. The van der Waals surface area contributed by atoms with Gasteiger partial charge in [0.1, 0.15) is 35.7 Å². The van der Waals surface area contributed by atoms with Gasteiger partial charge in [0.25, 0.3) is 0 Å². The number of rotatable bonds is 17. The Balaban J connectivity index is 1.55.